The van der Waals surface area contributed by atoms with Crippen LogP contribution in [0.5, 0.6) is 5.75 Å². The van der Waals surface area contributed by atoms with Crippen LogP contribution in [-0.2, 0) is 9.59 Å². The lowest BCUT2D eigenvalue weighted by atomic mass is 9.99. The van der Waals surface area contributed by atoms with E-state index in [-0.39, 0.29) is 25.0 Å². The van der Waals surface area contributed by atoms with E-state index >= 15 is 0 Å². The molecule has 21 heavy (non-hydrogen) atoms. The Hall–Kier alpha value is -1.63. The normalized spacial score (nSPS) is 21.4. The predicted molar refractivity (Wildman–Crippen MR) is 76.5 cm³/mol. The van der Waals surface area contributed by atoms with Gasteiger partial charge in [-0.3, -0.25) is 9.59 Å². The zero-order chi connectivity index (χ0) is 15.6. The maximum absolute atomic E-state index is 12.9. The zero-order valence-electron chi connectivity index (χ0n) is 11.4. The minimum atomic E-state index is -0.889. The number of rotatable bonds is 4. The molecular weight excluding hydrogens is 345 g/mol. The molecule has 2 atom stereocenters. The van der Waals surface area contributed by atoms with Gasteiger partial charge in [-0.15, -0.1) is 0 Å². The Bertz CT molecular complexity index is 566. The first-order valence-electron chi connectivity index (χ1n) is 6.47. The minimum Gasteiger partial charge on any atom is -0.483 e. The van der Waals surface area contributed by atoms with Crippen molar-refractivity contribution in [3.8, 4) is 5.75 Å². The molecule has 0 aliphatic carbocycles. The summed E-state index contributed by atoms with van der Waals surface area (Å²) in [4.78, 5) is 24.5. The summed E-state index contributed by atoms with van der Waals surface area (Å²) in [7, 11) is 0. The summed E-state index contributed by atoms with van der Waals surface area (Å²) >= 11 is 3.15. The van der Waals surface area contributed by atoms with E-state index in [1.165, 1.54) is 23.1 Å². The number of carbonyl (C=O) groups excluding carboxylic acids is 1. The molecule has 1 N–H and O–H groups in total. The number of nitrogens with zero attached hydrogens (tertiary/aromatic N) is 1. The molecule has 1 aliphatic heterocycles. The Morgan fingerprint density at radius 3 is 2.76 bits per heavy atom. The molecule has 0 saturated carbocycles. The van der Waals surface area contributed by atoms with Gasteiger partial charge in [-0.05, 0) is 40.0 Å². The average Bonchev–Trinajstić information content (AvgIpc) is 2.80. The molecule has 1 aromatic rings. The van der Waals surface area contributed by atoms with Crippen molar-refractivity contribution in [3.63, 3.8) is 0 Å². The zero-order valence-corrected chi connectivity index (χ0v) is 13.0. The SMILES string of the molecule is C[C@@H]1CN(C(=O)COc2ccc(F)cc2Br)C[C@H]1C(=O)O. The van der Waals surface area contributed by atoms with Crippen molar-refractivity contribution in [3.05, 3.63) is 28.5 Å². The van der Waals surface area contributed by atoms with Gasteiger partial charge >= 0.3 is 5.97 Å². The van der Waals surface area contributed by atoms with E-state index in [4.69, 9.17) is 9.84 Å². The van der Waals surface area contributed by atoms with Crippen LogP contribution in [-0.4, -0.2) is 41.6 Å². The number of carboxylic acids is 1. The number of likely N-dealkylation sites (tertiary alicyclic amines) is 1. The average molecular weight is 360 g/mol. The van der Waals surface area contributed by atoms with Crippen LogP contribution >= 0.6 is 15.9 Å². The van der Waals surface area contributed by atoms with Gasteiger partial charge in [0.05, 0.1) is 10.4 Å². The van der Waals surface area contributed by atoms with Crippen LogP contribution in [0.4, 0.5) is 4.39 Å². The largest absolute Gasteiger partial charge is 0.483 e. The number of benzene rings is 1. The summed E-state index contributed by atoms with van der Waals surface area (Å²) < 4.78 is 18.7. The Kier molecular flexibility index (Phi) is 4.82. The second-order valence-corrected chi connectivity index (χ2v) is 5.94. The maximum atomic E-state index is 12.9. The second-order valence-electron chi connectivity index (χ2n) is 5.08. The van der Waals surface area contributed by atoms with Crippen LogP contribution in [0, 0.1) is 17.7 Å². The van der Waals surface area contributed by atoms with Gasteiger partial charge in [0.25, 0.3) is 5.91 Å². The Morgan fingerprint density at radius 2 is 2.19 bits per heavy atom. The van der Waals surface area contributed by atoms with Crippen molar-refractivity contribution >= 4 is 27.8 Å². The van der Waals surface area contributed by atoms with Crippen molar-refractivity contribution in [1.29, 1.82) is 0 Å². The molecule has 1 amide bonds. The summed E-state index contributed by atoms with van der Waals surface area (Å²) in [6.07, 6.45) is 0. The molecule has 7 heteroatoms. The Morgan fingerprint density at radius 1 is 1.48 bits per heavy atom. The molecular formula is C14H15BrFNO4. The molecule has 1 saturated heterocycles. The third-order valence-electron chi connectivity index (χ3n) is 3.53. The third kappa shape index (κ3) is 3.72. The van der Waals surface area contributed by atoms with Gasteiger partial charge in [0.1, 0.15) is 11.6 Å². The summed E-state index contributed by atoms with van der Waals surface area (Å²) in [5.74, 6) is -1.82. The molecule has 2 rings (SSSR count). The molecule has 0 radical (unpaired) electrons. The lowest BCUT2D eigenvalue weighted by Crippen LogP contribution is -2.33. The van der Waals surface area contributed by atoms with Crippen LogP contribution in [0.3, 0.4) is 0 Å². The van der Waals surface area contributed by atoms with Crippen LogP contribution in [0.2, 0.25) is 0 Å². The number of hydrogen-bond donors (Lipinski definition) is 1. The smallest absolute Gasteiger partial charge is 0.308 e. The Labute approximate surface area is 129 Å². The summed E-state index contributed by atoms with van der Waals surface area (Å²) in [6.45, 7) is 2.21. The highest BCUT2D eigenvalue weighted by Crippen LogP contribution is 2.26. The number of amides is 1. The topological polar surface area (TPSA) is 66.8 Å². The first-order valence-corrected chi connectivity index (χ1v) is 7.26. The van der Waals surface area contributed by atoms with E-state index in [1.807, 2.05) is 6.92 Å². The van der Waals surface area contributed by atoms with E-state index in [0.717, 1.165) is 0 Å². The van der Waals surface area contributed by atoms with Gasteiger partial charge in [-0.2, -0.15) is 0 Å². The molecule has 0 bridgehead atoms. The number of ether oxygens (including phenoxy) is 1. The number of hydrogen-bond acceptors (Lipinski definition) is 3. The third-order valence-corrected chi connectivity index (χ3v) is 4.15. The number of aliphatic carboxylic acids is 1. The van der Waals surface area contributed by atoms with Crippen molar-refractivity contribution in [2.45, 2.75) is 6.92 Å². The van der Waals surface area contributed by atoms with Crippen LogP contribution < -0.4 is 4.74 Å². The quantitative estimate of drug-likeness (QED) is 0.894. The fourth-order valence-electron chi connectivity index (χ4n) is 2.31. The molecule has 0 spiro atoms. The van der Waals surface area contributed by atoms with Crippen LogP contribution in [0.1, 0.15) is 6.92 Å². The van der Waals surface area contributed by atoms with Gasteiger partial charge in [0.2, 0.25) is 0 Å². The van der Waals surface area contributed by atoms with E-state index in [2.05, 4.69) is 15.9 Å². The van der Waals surface area contributed by atoms with E-state index in [9.17, 15) is 14.0 Å². The van der Waals surface area contributed by atoms with Gasteiger partial charge in [-0.25, -0.2) is 4.39 Å². The highest BCUT2D eigenvalue weighted by molar-refractivity contribution is 9.10. The number of carbonyl (C=O) groups is 2. The van der Waals surface area contributed by atoms with Gasteiger partial charge in [0, 0.05) is 13.1 Å². The van der Waals surface area contributed by atoms with E-state index in [0.29, 0.717) is 16.8 Å². The first kappa shape index (κ1) is 15.8. The van der Waals surface area contributed by atoms with Crippen LogP contribution in [0.25, 0.3) is 0 Å². The molecule has 1 heterocycles. The predicted octanol–water partition coefficient (Wildman–Crippen LogP) is 2.15. The van der Waals surface area contributed by atoms with Crippen molar-refractivity contribution in [1.82, 2.24) is 4.90 Å². The van der Waals surface area contributed by atoms with E-state index < -0.39 is 17.7 Å². The highest BCUT2D eigenvalue weighted by atomic mass is 79.9. The molecule has 5 nitrogen and oxygen atoms in total. The fraction of sp³-hybridized carbons (Fsp3) is 0.429. The fourth-order valence-corrected chi connectivity index (χ4v) is 2.78. The lowest BCUT2D eigenvalue weighted by Gasteiger charge is -2.16. The summed E-state index contributed by atoms with van der Waals surface area (Å²) in [5, 5.41) is 9.04. The maximum Gasteiger partial charge on any atom is 0.308 e. The van der Waals surface area contributed by atoms with Crippen molar-refractivity contribution in [2.24, 2.45) is 11.8 Å². The molecule has 0 aromatic heterocycles. The summed E-state index contributed by atoms with van der Waals surface area (Å²) in [6, 6.07) is 3.92. The lowest BCUT2D eigenvalue weighted by molar-refractivity contribution is -0.142. The van der Waals surface area contributed by atoms with Gasteiger partial charge < -0.3 is 14.7 Å². The Balaban J connectivity index is 1.92. The minimum absolute atomic E-state index is 0.0796. The number of carboxylic acid groups (broad SMARTS) is 1. The monoisotopic (exact) mass is 359 g/mol. The first-order chi connectivity index (χ1) is 9.88. The highest BCUT2D eigenvalue weighted by Gasteiger charge is 2.36. The van der Waals surface area contributed by atoms with Gasteiger partial charge in [-0.1, -0.05) is 6.92 Å². The van der Waals surface area contributed by atoms with Crippen molar-refractivity contribution < 1.29 is 23.8 Å². The standard InChI is InChI=1S/C14H15BrFNO4/c1-8-5-17(6-10(8)14(19)20)13(18)7-21-12-3-2-9(16)4-11(12)15/h2-4,8,10H,5-7H2,1H3,(H,19,20)/t8-,10-/m1/s1. The van der Waals surface area contributed by atoms with E-state index in [1.54, 1.807) is 0 Å². The number of halogens is 2. The van der Waals surface area contributed by atoms with Gasteiger partial charge in [0.15, 0.2) is 6.61 Å². The van der Waals surface area contributed by atoms with Crippen LogP contribution in [0.15, 0.2) is 22.7 Å². The molecule has 1 aromatic carbocycles. The van der Waals surface area contributed by atoms with Crippen molar-refractivity contribution in [2.75, 3.05) is 19.7 Å². The molecule has 114 valence electrons. The summed E-state index contributed by atoms with van der Waals surface area (Å²) in [5.41, 5.74) is 0. The second kappa shape index (κ2) is 6.43. The molecule has 0 unspecified atom stereocenters. The molecule has 1 aliphatic rings. The molecule has 1 fully saturated rings.